The van der Waals surface area contributed by atoms with Crippen molar-refractivity contribution in [3.8, 4) is 11.5 Å². The topological polar surface area (TPSA) is 41.5 Å². The third kappa shape index (κ3) is 2.76. The van der Waals surface area contributed by atoms with Gasteiger partial charge in [-0.05, 0) is 38.1 Å². The molecule has 0 saturated carbocycles. The Morgan fingerprint density at radius 2 is 2.07 bits per heavy atom. The van der Waals surface area contributed by atoms with E-state index in [0.29, 0.717) is 10.8 Å². The Morgan fingerprint density at radius 3 is 2.73 bits per heavy atom. The third-order valence-electron chi connectivity index (χ3n) is 2.50. The molecule has 0 aliphatic carbocycles. The summed E-state index contributed by atoms with van der Waals surface area (Å²) in [6.45, 7) is 1.97. The number of benzene rings is 1. The Hall–Kier alpha value is -0.930. The summed E-state index contributed by atoms with van der Waals surface area (Å²) in [4.78, 5) is 0. The quantitative estimate of drug-likeness (QED) is 0.814. The van der Waals surface area contributed by atoms with Crippen molar-refractivity contribution in [2.45, 2.75) is 18.9 Å². The van der Waals surface area contributed by atoms with Crippen LogP contribution in [0.4, 0.5) is 0 Å². The summed E-state index contributed by atoms with van der Waals surface area (Å²) in [5, 5.41) is 12.9. The van der Waals surface area contributed by atoms with Gasteiger partial charge in [-0.3, -0.25) is 0 Å². The van der Waals surface area contributed by atoms with Crippen molar-refractivity contribution in [3.63, 3.8) is 0 Å². The molecule has 0 atom stereocenters. The highest BCUT2D eigenvalue weighted by molar-refractivity contribution is 6.32. The van der Waals surface area contributed by atoms with Crippen molar-refractivity contribution < 1.29 is 9.84 Å². The lowest BCUT2D eigenvalue weighted by atomic mass is 10.1. The minimum Gasteiger partial charge on any atom is -0.508 e. The molecule has 0 spiro atoms. The number of ether oxygens (including phenoxy) is 1. The van der Waals surface area contributed by atoms with Crippen LogP contribution in [-0.2, 0) is 0 Å². The zero-order valence-corrected chi connectivity index (χ0v) is 9.13. The van der Waals surface area contributed by atoms with Crippen LogP contribution < -0.4 is 10.1 Å². The summed E-state index contributed by atoms with van der Waals surface area (Å²) >= 11 is 5.95. The number of phenolic OH excluding ortho intramolecular Hbond substituents is 1. The van der Waals surface area contributed by atoms with E-state index in [1.807, 2.05) is 0 Å². The van der Waals surface area contributed by atoms with Gasteiger partial charge in [0.2, 0.25) is 0 Å². The lowest BCUT2D eigenvalue weighted by molar-refractivity contribution is 0.162. The molecule has 3 nitrogen and oxygen atoms in total. The summed E-state index contributed by atoms with van der Waals surface area (Å²) in [6.07, 6.45) is 2.22. The average Bonchev–Trinajstić information content (AvgIpc) is 2.24. The number of aromatic hydroxyl groups is 1. The zero-order valence-electron chi connectivity index (χ0n) is 8.37. The molecule has 0 unspecified atom stereocenters. The molecule has 1 saturated heterocycles. The van der Waals surface area contributed by atoms with Crippen molar-refractivity contribution in [1.82, 2.24) is 5.32 Å². The summed E-state index contributed by atoms with van der Waals surface area (Å²) in [7, 11) is 0. The van der Waals surface area contributed by atoms with Crippen LogP contribution in [0, 0.1) is 0 Å². The van der Waals surface area contributed by atoms with Crippen LogP contribution in [0.15, 0.2) is 18.2 Å². The molecular weight excluding hydrogens is 214 g/mol. The number of nitrogens with one attached hydrogen (secondary N) is 1. The molecule has 1 fully saturated rings. The first kappa shape index (κ1) is 10.6. The fourth-order valence-electron chi connectivity index (χ4n) is 1.68. The number of rotatable bonds is 2. The molecular formula is C11H14ClNO2. The van der Waals surface area contributed by atoms with E-state index in [1.54, 1.807) is 12.1 Å². The highest BCUT2D eigenvalue weighted by Gasteiger charge is 2.15. The summed E-state index contributed by atoms with van der Waals surface area (Å²) in [5.74, 6) is 0.819. The lowest BCUT2D eigenvalue weighted by Crippen LogP contribution is -2.34. The van der Waals surface area contributed by atoms with Gasteiger partial charge in [-0.2, -0.15) is 0 Å². The molecule has 0 amide bonds. The monoisotopic (exact) mass is 227 g/mol. The first-order chi connectivity index (χ1) is 7.25. The molecule has 4 heteroatoms. The fourth-order valence-corrected chi connectivity index (χ4v) is 1.90. The standard InChI is InChI=1S/C11H14ClNO2/c12-10-7-8(14)1-2-11(10)15-9-3-5-13-6-4-9/h1-2,7,9,13-14H,3-6H2. The molecule has 0 radical (unpaired) electrons. The maximum absolute atomic E-state index is 9.19. The highest BCUT2D eigenvalue weighted by Crippen LogP contribution is 2.29. The molecule has 1 aromatic rings. The Bertz CT molecular complexity index is 337. The third-order valence-corrected chi connectivity index (χ3v) is 2.79. The van der Waals surface area contributed by atoms with E-state index in [-0.39, 0.29) is 11.9 Å². The van der Waals surface area contributed by atoms with Crippen LogP contribution in [0.25, 0.3) is 0 Å². The van der Waals surface area contributed by atoms with Crippen molar-refractivity contribution in [2.24, 2.45) is 0 Å². The largest absolute Gasteiger partial charge is 0.508 e. The Morgan fingerprint density at radius 1 is 1.33 bits per heavy atom. The lowest BCUT2D eigenvalue weighted by Gasteiger charge is -2.24. The predicted octanol–water partition coefficient (Wildman–Crippen LogP) is 2.18. The van der Waals surface area contributed by atoms with Crippen molar-refractivity contribution in [1.29, 1.82) is 0 Å². The summed E-state index contributed by atoms with van der Waals surface area (Å²) < 4.78 is 5.76. The van der Waals surface area contributed by atoms with Gasteiger partial charge in [0.05, 0.1) is 5.02 Å². The van der Waals surface area contributed by atoms with Gasteiger partial charge in [0.15, 0.2) is 0 Å². The number of piperidine rings is 1. The normalized spacial score (nSPS) is 17.7. The van der Waals surface area contributed by atoms with E-state index in [9.17, 15) is 5.11 Å². The maximum atomic E-state index is 9.19. The number of hydrogen-bond donors (Lipinski definition) is 2. The van der Waals surface area contributed by atoms with Gasteiger partial charge >= 0.3 is 0 Å². The number of hydrogen-bond acceptors (Lipinski definition) is 3. The second-order valence-electron chi connectivity index (χ2n) is 3.68. The summed E-state index contributed by atoms with van der Waals surface area (Å²) in [5.41, 5.74) is 0. The maximum Gasteiger partial charge on any atom is 0.138 e. The molecule has 0 bridgehead atoms. The van der Waals surface area contributed by atoms with Gasteiger partial charge in [-0.15, -0.1) is 0 Å². The fraction of sp³-hybridized carbons (Fsp3) is 0.455. The Balaban J connectivity index is 2.03. The van der Waals surface area contributed by atoms with Crippen LogP contribution in [0.3, 0.4) is 0 Å². The van der Waals surface area contributed by atoms with E-state index in [4.69, 9.17) is 16.3 Å². The molecule has 0 aromatic heterocycles. The van der Waals surface area contributed by atoms with Crippen LogP contribution in [0.1, 0.15) is 12.8 Å². The van der Waals surface area contributed by atoms with E-state index >= 15 is 0 Å². The first-order valence-corrected chi connectivity index (χ1v) is 5.49. The minimum atomic E-state index is 0.165. The van der Waals surface area contributed by atoms with E-state index in [1.165, 1.54) is 6.07 Å². The van der Waals surface area contributed by atoms with Crippen LogP contribution in [0.2, 0.25) is 5.02 Å². The van der Waals surface area contributed by atoms with Gasteiger partial charge in [-0.1, -0.05) is 11.6 Å². The van der Waals surface area contributed by atoms with E-state index < -0.39 is 0 Å². The SMILES string of the molecule is Oc1ccc(OC2CCNCC2)c(Cl)c1. The van der Waals surface area contributed by atoms with Crippen molar-refractivity contribution in [3.05, 3.63) is 23.2 Å². The van der Waals surface area contributed by atoms with Crippen LogP contribution in [0.5, 0.6) is 11.5 Å². The van der Waals surface area contributed by atoms with E-state index in [2.05, 4.69) is 5.32 Å². The molecule has 82 valence electrons. The predicted molar refractivity (Wildman–Crippen MR) is 59.6 cm³/mol. The molecule has 2 N–H and O–H groups in total. The molecule has 2 rings (SSSR count). The number of halogens is 1. The van der Waals surface area contributed by atoms with Gasteiger partial charge in [-0.25, -0.2) is 0 Å². The zero-order chi connectivity index (χ0) is 10.7. The van der Waals surface area contributed by atoms with Crippen LogP contribution in [-0.4, -0.2) is 24.3 Å². The van der Waals surface area contributed by atoms with E-state index in [0.717, 1.165) is 25.9 Å². The summed E-state index contributed by atoms with van der Waals surface area (Å²) in [6, 6.07) is 4.79. The molecule has 1 aromatic carbocycles. The Labute approximate surface area is 94.0 Å². The van der Waals surface area contributed by atoms with Crippen molar-refractivity contribution in [2.75, 3.05) is 13.1 Å². The number of phenols is 1. The second kappa shape index (κ2) is 4.73. The second-order valence-corrected chi connectivity index (χ2v) is 4.09. The van der Waals surface area contributed by atoms with Gasteiger partial charge < -0.3 is 15.2 Å². The molecule has 1 aliphatic rings. The molecule has 15 heavy (non-hydrogen) atoms. The first-order valence-electron chi connectivity index (χ1n) is 5.11. The van der Waals surface area contributed by atoms with Gasteiger partial charge in [0.1, 0.15) is 17.6 Å². The van der Waals surface area contributed by atoms with Gasteiger partial charge in [0.25, 0.3) is 0 Å². The Kier molecular flexibility index (Phi) is 3.34. The minimum absolute atomic E-state index is 0.165. The van der Waals surface area contributed by atoms with Crippen LogP contribution >= 0.6 is 11.6 Å². The van der Waals surface area contributed by atoms with Gasteiger partial charge in [0, 0.05) is 6.07 Å². The molecule has 1 aliphatic heterocycles. The smallest absolute Gasteiger partial charge is 0.138 e. The molecule has 1 heterocycles. The van der Waals surface area contributed by atoms with Crippen molar-refractivity contribution >= 4 is 11.6 Å². The average molecular weight is 228 g/mol. The highest BCUT2D eigenvalue weighted by atomic mass is 35.5.